The lowest BCUT2D eigenvalue weighted by Crippen LogP contribution is -2.52. The number of hydrogen-bond donors (Lipinski definition) is 3. The maximum absolute atomic E-state index is 11.9. The Bertz CT molecular complexity index is 229. The van der Waals surface area contributed by atoms with Crippen LogP contribution in [0, 0.1) is 0 Å². The third kappa shape index (κ3) is 7.34. The van der Waals surface area contributed by atoms with E-state index < -0.39 is 0 Å². The van der Waals surface area contributed by atoms with Gasteiger partial charge in [-0.3, -0.25) is 4.79 Å². The molecule has 0 aliphatic rings. The lowest BCUT2D eigenvalue weighted by Gasteiger charge is -2.28. The number of hydrogen-bond acceptors (Lipinski definition) is 3. The van der Waals surface area contributed by atoms with E-state index in [9.17, 15) is 4.79 Å². The number of amides is 1. The molecule has 0 bridgehead atoms. The Kier molecular flexibility index (Phi) is 7.39. The monoisotopic (exact) mass is 244 g/mol. The molecule has 0 rings (SSSR count). The van der Waals surface area contributed by atoms with Crippen LogP contribution in [-0.2, 0) is 4.79 Å². The summed E-state index contributed by atoms with van der Waals surface area (Å²) in [5.41, 5.74) is -0.151. The van der Waals surface area contributed by atoms with Crippen LogP contribution in [0.3, 0.4) is 0 Å². The van der Waals surface area contributed by atoms with E-state index >= 15 is 0 Å². The van der Waals surface area contributed by atoms with Gasteiger partial charge in [0.05, 0.1) is 6.04 Å². The van der Waals surface area contributed by atoms with Crippen LogP contribution < -0.4 is 10.6 Å². The van der Waals surface area contributed by atoms with Crippen molar-refractivity contribution in [3.63, 3.8) is 0 Å². The molecule has 0 saturated heterocycles. The van der Waals surface area contributed by atoms with Gasteiger partial charge in [0.25, 0.3) is 0 Å². The van der Waals surface area contributed by atoms with Gasteiger partial charge in [-0.15, -0.1) is 0 Å². The predicted molar refractivity (Wildman–Crippen MR) is 70.9 cm³/mol. The molecule has 1 amide bonds. The van der Waals surface area contributed by atoms with Crippen molar-refractivity contribution < 1.29 is 9.90 Å². The lowest BCUT2D eigenvalue weighted by molar-refractivity contribution is -0.124. The van der Waals surface area contributed by atoms with Crippen molar-refractivity contribution >= 4 is 5.91 Å². The van der Waals surface area contributed by atoms with E-state index in [1.54, 1.807) is 0 Å². The average Bonchev–Trinajstić information content (AvgIpc) is 2.25. The summed E-state index contributed by atoms with van der Waals surface area (Å²) >= 11 is 0. The SMILES string of the molecule is CCC(C)(C)NC(=O)C(C)NC(C)CCCO. The van der Waals surface area contributed by atoms with Gasteiger partial charge in [0.15, 0.2) is 0 Å². The molecule has 0 aromatic carbocycles. The van der Waals surface area contributed by atoms with Gasteiger partial charge < -0.3 is 15.7 Å². The zero-order chi connectivity index (χ0) is 13.5. The van der Waals surface area contributed by atoms with Gasteiger partial charge in [-0.2, -0.15) is 0 Å². The van der Waals surface area contributed by atoms with E-state index in [0.717, 1.165) is 19.3 Å². The van der Waals surface area contributed by atoms with E-state index in [4.69, 9.17) is 5.11 Å². The second kappa shape index (κ2) is 7.67. The molecule has 0 aromatic heterocycles. The Morgan fingerprint density at radius 1 is 1.35 bits per heavy atom. The van der Waals surface area contributed by atoms with E-state index in [1.165, 1.54) is 0 Å². The summed E-state index contributed by atoms with van der Waals surface area (Å²) in [6.07, 6.45) is 2.56. The summed E-state index contributed by atoms with van der Waals surface area (Å²) in [6, 6.07) is 0.0437. The number of carbonyl (C=O) groups is 1. The topological polar surface area (TPSA) is 61.4 Å². The van der Waals surface area contributed by atoms with Crippen molar-refractivity contribution in [3.8, 4) is 0 Å². The molecule has 3 N–H and O–H groups in total. The minimum atomic E-state index is -0.200. The van der Waals surface area contributed by atoms with Gasteiger partial charge in [-0.1, -0.05) is 6.92 Å². The quantitative estimate of drug-likeness (QED) is 0.605. The maximum atomic E-state index is 11.9. The molecular formula is C13H28N2O2. The van der Waals surface area contributed by atoms with Crippen molar-refractivity contribution in [1.29, 1.82) is 0 Å². The highest BCUT2D eigenvalue weighted by Crippen LogP contribution is 2.07. The highest BCUT2D eigenvalue weighted by Gasteiger charge is 2.22. The molecule has 4 heteroatoms. The Morgan fingerprint density at radius 3 is 2.41 bits per heavy atom. The Hall–Kier alpha value is -0.610. The maximum Gasteiger partial charge on any atom is 0.237 e. The highest BCUT2D eigenvalue weighted by molar-refractivity contribution is 5.82. The Labute approximate surface area is 105 Å². The number of carbonyl (C=O) groups excluding carboxylic acids is 1. The zero-order valence-corrected chi connectivity index (χ0v) is 11.8. The van der Waals surface area contributed by atoms with Gasteiger partial charge in [0.2, 0.25) is 5.91 Å². The van der Waals surface area contributed by atoms with Gasteiger partial charge >= 0.3 is 0 Å². The van der Waals surface area contributed by atoms with Crippen LogP contribution >= 0.6 is 0 Å². The van der Waals surface area contributed by atoms with Crippen LogP contribution in [0.25, 0.3) is 0 Å². The molecular weight excluding hydrogens is 216 g/mol. The van der Waals surface area contributed by atoms with Gasteiger partial charge in [0, 0.05) is 18.2 Å². The fraction of sp³-hybridized carbons (Fsp3) is 0.923. The molecule has 4 nitrogen and oxygen atoms in total. The molecule has 0 saturated carbocycles. The summed E-state index contributed by atoms with van der Waals surface area (Å²) in [5, 5.41) is 15.0. The Balaban J connectivity index is 4.05. The second-order valence-corrected chi connectivity index (χ2v) is 5.38. The summed E-state index contributed by atoms with van der Waals surface area (Å²) in [4.78, 5) is 11.9. The summed E-state index contributed by atoms with van der Waals surface area (Å²) in [5.74, 6) is 0.0349. The largest absolute Gasteiger partial charge is 0.396 e. The molecule has 0 heterocycles. The fourth-order valence-electron chi connectivity index (χ4n) is 1.51. The summed E-state index contributed by atoms with van der Waals surface area (Å²) in [6.45, 7) is 10.2. The second-order valence-electron chi connectivity index (χ2n) is 5.38. The third-order valence-corrected chi connectivity index (χ3v) is 3.07. The van der Waals surface area contributed by atoms with Crippen LogP contribution in [0.4, 0.5) is 0 Å². The van der Waals surface area contributed by atoms with Gasteiger partial charge in [-0.05, 0) is 47.0 Å². The van der Waals surface area contributed by atoms with Crippen LogP contribution in [0.2, 0.25) is 0 Å². The molecule has 0 radical (unpaired) electrons. The minimum Gasteiger partial charge on any atom is -0.396 e. The standard InChI is InChI=1S/C13H28N2O2/c1-6-13(4,5)15-12(17)11(3)14-10(2)8-7-9-16/h10-11,14,16H,6-9H2,1-5H3,(H,15,17). The first-order chi connectivity index (χ1) is 7.82. The molecule has 0 fully saturated rings. The lowest BCUT2D eigenvalue weighted by atomic mass is 10.0. The Morgan fingerprint density at radius 2 is 1.94 bits per heavy atom. The van der Waals surface area contributed by atoms with Crippen molar-refractivity contribution in [2.45, 2.75) is 71.5 Å². The first-order valence-electron chi connectivity index (χ1n) is 6.51. The van der Waals surface area contributed by atoms with Crippen LogP contribution in [-0.4, -0.2) is 35.2 Å². The van der Waals surface area contributed by atoms with Crippen LogP contribution in [0.15, 0.2) is 0 Å². The molecule has 2 atom stereocenters. The van der Waals surface area contributed by atoms with Crippen LogP contribution in [0.5, 0.6) is 0 Å². The van der Waals surface area contributed by atoms with Crippen molar-refractivity contribution in [2.24, 2.45) is 0 Å². The van der Waals surface area contributed by atoms with Gasteiger partial charge in [0.1, 0.15) is 0 Å². The van der Waals surface area contributed by atoms with Crippen molar-refractivity contribution in [1.82, 2.24) is 10.6 Å². The molecule has 0 aliphatic heterocycles. The van der Waals surface area contributed by atoms with E-state index in [-0.39, 0.29) is 30.1 Å². The number of aliphatic hydroxyl groups excluding tert-OH is 1. The van der Waals surface area contributed by atoms with Crippen molar-refractivity contribution in [2.75, 3.05) is 6.61 Å². The third-order valence-electron chi connectivity index (χ3n) is 3.07. The average molecular weight is 244 g/mol. The first-order valence-corrected chi connectivity index (χ1v) is 6.51. The normalized spacial score (nSPS) is 15.4. The van der Waals surface area contributed by atoms with E-state index in [0.29, 0.717) is 0 Å². The van der Waals surface area contributed by atoms with Crippen LogP contribution in [0.1, 0.15) is 53.9 Å². The highest BCUT2D eigenvalue weighted by atomic mass is 16.2. The summed E-state index contributed by atoms with van der Waals surface area (Å²) in [7, 11) is 0. The number of aliphatic hydroxyl groups is 1. The minimum absolute atomic E-state index is 0.0349. The zero-order valence-electron chi connectivity index (χ0n) is 11.8. The summed E-state index contributed by atoms with van der Waals surface area (Å²) < 4.78 is 0. The number of nitrogens with one attached hydrogen (secondary N) is 2. The number of rotatable bonds is 8. The molecule has 17 heavy (non-hydrogen) atoms. The van der Waals surface area contributed by atoms with E-state index in [1.807, 2.05) is 27.7 Å². The molecule has 0 aromatic rings. The predicted octanol–water partition coefficient (Wildman–Crippen LogP) is 1.43. The first kappa shape index (κ1) is 16.4. The van der Waals surface area contributed by atoms with E-state index in [2.05, 4.69) is 17.6 Å². The smallest absolute Gasteiger partial charge is 0.237 e. The molecule has 0 spiro atoms. The molecule has 2 unspecified atom stereocenters. The fourth-order valence-corrected chi connectivity index (χ4v) is 1.51. The van der Waals surface area contributed by atoms with Gasteiger partial charge in [-0.25, -0.2) is 0 Å². The molecule has 102 valence electrons. The molecule has 0 aliphatic carbocycles. The van der Waals surface area contributed by atoms with Crippen molar-refractivity contribution in [3.05, 3.63) is 0 Å².